The largest absolute Gasteiger partial charge is 0.461 e. The minimum atomic E-state index is -0.455. The normalized spacial score (nSPS) is 11.0. The van der Waals surface area contributed by atoms with Crippen LogP contribution in [0.4, 0.5) is 0 Å². The number of hydrogen-bond acceptors (Lipinski definition) is 6. The molecule has 0 fully saturated rings. The molecule has 152 valence electrons. The van der Waals surface area contributed by atoms with Gasteiger partial charge in [0, 0.05) is 23.3 Å². The van der Waals surface area contributed by atoms with E-state index in [1.54, 1.807) is 19.2 Å². The predicted octanol–water partition coefficient (Wildman–Crippen LogP) is 4.26. The van der Waals surface area contributed by atoms with Crippen LogP contribution in [0.5, 0.6) is 0 Å². The van der Waals surface area contributed by atoms with Crippen molar-refractivity contribution in [2.24, 2.45) is 0 Å². The zero-order valence-electron chi connectivity index (χ0n) is 16.2. The molecule has 3 heterocycles. The lowest BCUT2D eigenvalue weighted by atomic mass is 10.2. The molecule has 0 aliphatic rings. The lowest BCUT2D eigenvalue weighted by Crippen LogP contribution is -2.21. The number of fused-ring (bicyclic) bond motifs is 1. The molecular weight excluding hydrogens is 422 g/mol. The maximum Gasteiger partial charge on any atom is 0.348 e. The molecule has 6 nitrogen and oxygen atoms in total. The predicted molar refractivity (Wildman–Crippen MR) is 117 cm³/mol. The molecule has 0 unspecified atom stereocenters. The van der Waals surface area contributed by atoms with Crippen LogP contribution in [0.2, 0.25) is 5.02 Å². The number of aryl methyl sites for hydroxylation is 1. The van der Waals surface area contributed by atoms with Crippen molar-refractivity contribution in [3.05, 3.63) is 92.1 Å². The molecule has 4 aromatic rings. The fourth-order valence-electron chi connectivity index (χ4n) is 3.14. The summed E-state index contributed by atoms with van der Waals surface area (Å²) in [5.41, 5.74) is 2.05. The minimum absolute atomic E-state index is 0.207. The Bertz CT molecular complexity index is 1270. The van der Waals surface area contributed by atoms with Crippen molar-refractivity contribution in [1.29, 1.82) is 0 Å². The second kappa shape index (κ2) is 8.77. The van der Waals surface area contributed by atoms with E-state index in [9.17, 15) is 9.59 Å². The second-order valence-electron chi connectivity index (χ2n) is 6.71. The van der Waals surface area contributed by atoms with Crippen molar-refractivity contribution in [1.82, 2.24) is 14.5 Å². The highest BCUT2D eigenvalue weighted by Crippen LogP contribution is 2.27. The Kier molecular flexibility index (Phi) is 5.92. The van der Waals surface area contributed by atoms with Crippen molar-refractivity contribution < 1.29 is 9.53 Å². The summed E-state index contributed by atoms with van der Waals surface area (Å²) < 4.78 is 6.90. The maximum absolute atomic E-state index is 13.0. The van der Waals surface area contributed by atoms with E-state index < -0.39 is 5.97 Å². The Hall–Kier alpha value is -3.03. The molecule has 0 saturated heterocycles. The minimum Gasteiger partial charge on any atom is -0.461 e. The van der Waals surface area contributed by atoms with Gasteiger partial charge < -0.3 is 4.74 Å². The van der Waals surface area contributed by atoms with Gasteiger partial charge in [-0.2, -0.15) is 0 Å². The highest BCUT2D eigenvalue weighted by Gasteiger charge is 2.20. The Morgan fingerprint density at radius 2 is 1.97 bits per heavy atom. The maximum atomic E-state index is 13.0. The number of halogens is 1. The summed E-state index contributed by atoms with van der Waals surface area (Å²) in [6, 6.07) is 13.0. The molecule has 0 atom stereocenters. The highest BCUT2D eigenvalue weighted by atomic mass is 35.5. The summed E-state index contributed by atoms with van der Waals surface area (Å²) in [4.78, 5) is 35.1. The van der Waals surface area contributed by atoms with Gasteiger partial charge in [-0.05, 0) is 36.2 Å². The zero-order valence-corrected chi connectivity index (χ0v) is 17.7. The van der Waals surface area contributed by atoms with E-state index in [0.29, 0.717) is 38.6 Å². The number of hydrogen-bond donors (Lipinski definition) is 0. The van der Waals surface area contributed by atoms with E-state index in [2.05, 4.69) is 9.97 Å². The first-order valence-electron chi connectivity index (χ1n) is 9.33. The average Bonchev–Trinajstić information content (AvgIpc) is 3.09. The third-order valence-corrected chi connectivity index (χ3v) is 6.27. The Balaban J connectivity index is 1.56. The SMILES string of the molecule is Cc1c(C(=O)OCCc2ccccn2)sc2ncn(Cc3ccccc3Cl)c(=O)c12. The van der Waals surface area contributed by atoms with Crippen LogP contribution in [0.3, 0.4) is 0 Å². The Morgan fingerprint density at radius 3 is 2.73 bits per heavy atom. The average molecular weight is 440 g/mol. The van der Waals surface area contributed by atoms with Gasteiger partial charge in [0.25, 0.3) is 5.56 Å². The van der Waals surface area contributed by atoms with Gasteiger partial charge in [0.15, 0.2) is 0 Å². The first-order valence-corrected chi connectivity index (χ1v) is 10.5. The molecule has 0 saturated carbocycles. The first kappa shape index (κ1) is 20.3. The van der Waals surface area contributed by atoms with Crippen LogP contribution in [0.25, 0.3) is 10.2 Å². The molecule has 8 heteroatoms. The Labute approximate surface area is 181 Å². The number of nitrogens with zero attached hydrogens (tertiary/aromatic N) is 3. The fourth-order valence-corrected chi connectivity index (χ4v) is 4.37. The number of esters is 1. The molecule has 30 heavy (non-hydrogen) atoms. The van der Waals surface area contributed by atoms with E-state index >= 15 is 0 Å². The zero-order chi connectivity index (χ0) is 21.1. The van der Waals surface area contributed by atoms with Gasteiger partial charge in [-0.1, -0.05) is 35.9 Å². The van der Waals surface area contributed by atoms with Gasteiger partial charge in [0.05, 0.1) is 24.9 Å². The van der Waals surface area contributed by atoms with Crippen LogP contribution < -0.4 is 5.56 Å². The van der Waals surface area contributed by atoms with Crippen LogP contribution in [0.1, 0.15) is 26.5 Å². The van der Waals surface area contributed by atoms with Crippen LogP contribution >= 0.6 is 22.9 Å². The smallest absolute Gasteiger partial charge is 0.348 e. The summed E-state index contributed by atoms with van der Waals surface area (Å²) in [5.74, 6) is -0.455. The molecule has 4 rings (SSSR count). The van der Waals surface area contributed by atoms with Gasteiger partial charge in [0.1, 0.15) is 9.71 Å². The number of thiophene rings is 1. The third kappa shape index (κ3) is 4.13. The van der Waals surface area contributed by atoms with Crippen LogP contribution in [-0.2, 0) is 17.7 Å². The molecule has 0 aliphatic carbocycles. The van der Waals surface area contributed by atoms with E-state index in [1.165, 1.54) is 22.2 Å². The lowest BCUT2D eigenvalue weighted by molar-refractivity contribution is 0.0513. The van der Waals surface area contributed by atoms with Gasteiger partial charge in [0.2, 0.25) is 0 Å². The van der Waals surface area contributed by atoms with E-state index in [1.807, 2.05) is 36.4 Å². The van der Waals surface area contributed by atoms with E-state index in [4.69, 9.17) is 16.3 Å². The number of rotatable bonds is 6. The topological polar surface area (TPSA) is 74.1 Å². The van der Waals surface area contributed by atoms with Crippen LogP contribution in [0, 0.1) is 6.92 Å². The van der Waals surface area contributed by atoms with Gasteiger partial charge in [-0.15, -0.1) is 11.3 Å². The quantitative estimate of drug-likeness (QED) is 0.419. The molecule has 3 aromatic heterocycles. The molecule has 0 N–H and O–H groups in total. The molecule has 0 spiro atoms. The van der Waals surface area contributed by atoms with Crippen molar-refractivity contribution in [3.8, 4) is 0 Å². The number of ether oxygens (including phenoxy) is 1. The Morgan fingerprint density at radius 1 is 1.17 bits per heavy atom. The molecule has 0 bridgehead atoms. The van der Waals surface area contributed by atoms with E-state index in [-0.39, 0.29) is 12.2 Å². The van der Waals surface area contributed by atoms with Crippen molar-refractivity contribution in [2.75, 3.05) is 6.61 Å². The van der Waals surface area contributed by atoms with Crippen molar-refractivity contribution in [3.63, 3.8) is 0 Å². The third-order valence-electron chi connectivity index (χ3n) is 4.72. The number of aromatic nitrogens is 3. The molecular formula is C22H18ClN3O3S. The number of carbonyl (C=O) groups excluding carboxylic acids is 1. The molecule has 1 aromatic carbocycles. The summed E-state index contributed by atoms with van der Waals surface area (Å²) in [5, 5.41) is 1.02. The number of benzene rings is 1. The second-order valence-corrected chi connectivity index (χ2v) is 8.12. The first-order chi connectivity index (χ1) is 14.5. The van der Waals surface area contributed by atoms with Gasteiger partial charge >= 0.3 is 5.97 Å². The number of pyridine rings is 1. The monoisotopic (exact) mass is 439 g/mol. The summed E-state index contributed by atoms with van der Waals surface area (Å²) in [6.45, 7) is 2.27. The van der Waals surface area contributed by atoms with E-state index in [0.717, 1.165) is 11.3 Å². The summed E-state index contributed by atoms with van der Waals surface area (Å²) >= 11 is 7.38. The van der Waals surface area contributed by atoms with Crippen LogP contribution in [-0.4, -0.2) is 27.1 Å². The fraction of sp³-hybridized carbons (Fsp3) is 0.182. The summed E-state index contributed by atoms with van der Waals surface area (Å²) in [7, 11) is 0. The van der Waals surface area contributed by atoms with Crippen LogP contribution in [0.15, 0.2) is 59.8 Å². The molecule has 0 aliphatic heterocycles. The van der Waals surface area contributed by atoms with Gasteiger partial charge in [-0.25, -0.2) is 9.78 Å². The van der Waals surface area contributed by atoms with Gasteiger partial charge in [-0.3, -0.25) is 14.3 Å². The van der Waals surface area contributed by atoms with Crippen molar-refractivity contribution in [2.45, 2.75) is 19.9 Å². The van der Waals surface area contributed by atoms with Crippen molar-refractivity contribution >= 4 is 39.1 Å². The molecule has 0 radical (unpaired) electrons. The number of carbonyl (C=O) groups is 1. The standard InChI is InChI=1S/C22H18ClN3O3S/c1-14-18-20(25-13-26(21(18)27)12-15-6-2-3-8-17(15)23)30-19(14)22(28)29-11-9-16-7-4-5-10-24-16/h2-8,10,13H,9,11-12H2,1H3. The summed E-state index contributed by atoms with van der Waals surface area (Å²) in [6.07, 6.45) is 3.71. The molecule has 0 amide bonds. The lowest BCUT2D eigenvalue weighted by Gasteiger charge is -2.07. The highest BCUT2D eigenvalue weighted by molar-refractivity contribution is 7.20.